The molecule has 1 aliphatic rings. The van der Waals surface area contributed by atoms with Gasteiger partial charge in [0.05, 0.1) is 15.1 Å². The van der Waals surface area contributed by atoms with Crippen LogP contribution in [0.25, 0.3) is 10.2 Å². The zero-order valence-corrected chi connectivity index (χ0v) is 19.0. The van der Waals surface area contributed by atoms with Crippen molar-refractivity contribution in [2.45, 2.75) is 31.2 Å². The van der Waals surface area contributed by atoms with Crippen LogP contribution >= 0.6 is 11.3 Å². The van der Waals surface area contributed by atoms with Gasteiger partial charge in [0.15, 0.2) is 4.80 Å². The Kier molecular flexibility index (Phi) is 6.22. The molecule has 2 heterocycles. The molecule has 1 aliphatic heterocycles. The molecule has 1 fully saturated rings. The first-order chi connectivity index (χ1) is 14.9. The fourth-order valence-electron chi connectivity index (χ4n) is 3.85. The van der Waals surface area contributed by atoms with E-state index in [1.807, 2.05) is 28.8 Å². The molecule has 1 unspecified atom stereocenters. The summed E-state index contributed by atoms with van der Waals surface area (Å²) >= 11 is 1.44. The second-order valence-corrected chi connectivity index (χ2v) is 10.8. The Balaban J connectivity index is 1.63. The molecule has 1 amide bonds. The summed E-state index contributed by atoms with van der Waals surface area (Å²) in [6.45, 7) is 7.48. The van der Waals surface area contributed by atoms with Crippen molar-refractivity contribution in [3.05, 3.63) is 71.6 Å². The van der Waals surface area contributed by atoms with E-state index < -0.39 is 15.9 Å². The van der Waals surface area contributed by atoms with Gasteiger partial charge >= 0.3 is 0 Å². The number of carbonyl (C=O) groups is 1. The minimum atomic E-state index is -3.55. The van der Waals surface area contributed by atoms with Crippen molar-refractivity contribution in [3.63, 3.8) is 0 Å². The fourth-order valence-corrected chi connectivity index (χ4v) is 6.48. The molecule has 0 N–H and O–H groups in total. The van der Waals surface area contributed by atoms with Crippen LogP contribution in [0.2, 0.25) is 0 Å². The lowest BCUT2D eigenvalue weighted by atomic mass is 10.0. The summed E-state index contributed by atoms with van der Waals surface area (Å²) in [5, 5.41) is 0. The molecular formula is C23H25N3O3S2. The van der Waals surface area contributed by atoms with Crippen molar-refractivity contribution in [1.29, 1.82) is 0 Å². The summed E-state index contributed by atoms with van der Waals surface area (Å²) in [6.07, 6.45) is 3.68. The number of carbonyl (C=O) groups excluding carboxylic acids is 1. The lowest BCUT2D eigenvalue weighted by Gasteiger charge is -2.30. The summed E-state index contributed by atoms with van der Waals surface area (Å²) in [7, 11) is -3.55. The molecule has 0 radical (unpaired) electrons. The van der Waals surface area contributed by atoms with E-state index in [1.165, 1.54) is 39.9 Å². The number of fused-ring (bicyclic) bond motifs is 1. The standard InChI is InChI=1S/C23H25N3O3S2/c1-3-14-26-20-8-4-5-9-21(20)30-23(26)24-22(27)18-10-12-19(13-11-18)31(28,29)25-15-6-7-17(2)16-25/h3-5,8-13,17H,1,6-7,14-16H2,2H3. The van der Waals surface area contributed by atoms with Gasteiger partial charge < -0.3 is 4.57 Å². The zero-order chi connectivity index (χ0) is 22.0. The first-order valence-corrected chi connectivity index (χ1v) is 12.5. The molecular weight excluding hydrogens is 430 g/mol. The average molecular weight is 456 g/mol. The molecule has 1 saturated heterocycles. The molecule has 4 rings (SSSR count). The molecule has 1 atom stereocenters. The van der Waals surface area contributed by atoms with Gasteiger partial charge in [-0.15, -0.1) is 6.58 Å². The number of thiazole rings is 1. The van der Waals surface area contributed by atoms with E-state index in [9.17, 15) is 13.2 Å². The first-order valence-electron chi connectivity index (χ1n) is 10.3. The Bertz CT molecular complexity index is 1290. The van der Waals surface area contributed by atoms with Crippen LogP contribution < -0.4 is 4.80 Å². The van der Waals surface area contributed by atoms with Crippen molar-refractivity contribution in [2.75, 3.05) is 13.1 Å². The van der Waals surface area contributed by atoms with Crippen LogP contribution in [-0.2, 0) is 16.6 Å². The molecule has 31 heavy (non-hydrogen) atoms. The number of aromatic nitrogens is 1. The van der Waals surface area contributed by atoms with Crippen LogP contribution in [0.15, 0.2) is 71.1 Å². The van der Waals surface area contributed by atoms with E-state index >= 15 is 0 Å². The molecule has 3 aromatic rings. The molecule has 6 nitrogen and oxygen atoms in total. The monoisotopic (exact) mass is 455 g/mol. The number of rotatable bonds is 5. The molecule has 8 heteroatoms. The minimum Gasteiger partial charge on any atom is -0.312 e. The number of amides is 1. The zero-order valence-electron chi connectivity index (χ0n) is 17.4. The van der Waals surface area contributed by atoms with Gasteiger partial charge in [-0.05, 0) is 55.2 Å². The molecule has 1 aromatic heterocycles. The number of benzene rings is 2. The predicted octanol–water partition coefficient (Wildman–Crippen LogP) is 4.05. The van der Waals surface area contributed by atoms with E-state index in [2.05, 4.69) is 18.5 Å². The molecule has 0 spiro atoms. The number of hydrogen-bond acceptors (Lipinski definition) is 4. The van der Waals surface area contributed by atoms with E-state index in [0.717, 1.165) is 23.1 Å². The van der Waals surface area contributed by atoms with Crippen LogP contribution in [0.1, 0.15) is 30.1 Å². The molecule has 162 valence electrons. The quantitative estimate of drug-likeness (QED) is 0.545. The number of piperidine rings is 1. The van der Waals surface area contributed by atoms with E-state index in [4.69, 9.17) is 0 Å². The number of nitrogens with zero attached hydrogens (tertiary/aromatic N) is 3. The topological polar surface area (TPSA) is 71.7 Å². The number of allylic oxidation sites excluding steroid dienone is 1. The Morgan fingerprint density at radius 1 is 1.23 bits per heavy atom. The third-order valence-electron chi connectivity index (χ3n) is 5.46. The van der Waals surface area contributed by atoms with Gasteiger partial charge in [-0.3, -0.25) is 4.79 Å². The van der Waals surface area contributed by atoms with Crippen molar-refractivity contribution in [2.24, 2.45) is 10.9 Å². The third-order valence-corrected chi connectivity index (χ3v) is 8.39. The third kappa shape index (κ3) is 4.42. The molecule has 0 saturated carbocycles. The summed E-state index contributed by atoms with van der Waals surface area (Å²) < 4.78 is 30.4. The van der Waals surface area contributed by atoms with E-state index in [-0.39, 0.29) is 4.90 Å². The van der Waals surface area contributed by atoms with Crippen LogP contribution in [-0.4, -0.2) is 36.3 Å². The maximum absolute atomic E-state index is 12.9. The van der Waals surface area contributed by atoms with Crippen molar-refractivity contribution in [1.82, 2.24) is 8.87 Å². The number of sulfonamides is 1. The maximum atomic E-state index is 12.9. The van der Waals surface area contributed by atoms with Crippen LogP contribution in [0.4, 0.5) is 0 Å². The molecule has 0 bridgehead atoms. The van der Waals surface area contributed by atoms with Crippen molar-refractivity contribution >= 4 is 37.5 Å². The minimum absolute atomic E-state index is 0.210. The van der Waals surface area contributed by atoms with E-state index in [1.54, 1.807) is 6.08 Å². The summed E-state index contributed by atoms with van der Waals surface area (Å²) in [6, 6.07) is 14.0. The first kappa shape index (κ1) is 21.7. The highest BCUT2D eigenvalue weighted by Gasteiger charge is 2.28. The number of para-hydroxylation sites is 1. The lowest BCUT2D eigenvalue weighted by molar-refractivity contribution is 0.0998. The Labute approximate surface area is 186 Å². The van der Waals surface area contributed by atoms with Crippen molar-refractivity contribution in [3.8, 4) is 0 Å². The van der Waals surface area contributed by atoms with Gasteiger partial charge in [0, 0.05) is 25.2 Å². The van der Waals surface area contributed by atoms with Crippen LogP contribution in [0.3, 0.4) is 0 Å². The van der Waals surface area contributed by atoms with Gasteiger partial charge in [0.25, 0.3) is 5.91 Å². The number of hydrogen-bond donors (Lipinski definition) is 0. The SMILES string of the molecule is C=CCn1c(=NC(=O)c2ccc(S(=O)(=O)N3CCCC(C)C3)cc2)sc2ccccc21. The van der Waals surface area contributed by atoms with Crippen molar-refractivity contribution < 1.29 is 13.2 Å². The van der Waals surface area contributed by atoms with Gasteiger partial charge in [-0.2, -0.15) is 9.30 Å². The summed E-state index contributed by atoms with van der Waals surface area (Å²) in [5.41, 5.74) is 1.35. The second-order valence-electron chi connectivity index (χ2n) is 7.80. The Morgan fingerprint density at radius 3 is 2.68 bits per heavy atom. The smallest absolute Gasteiger partial charge is 0.279 e. The molecule has 2 aromatic carbocycles. The molecule has 0 aliphatic carbocycles. The largest absolute Gasteiger partial charge is 0.312 e. The average Bonchev–Trinajstić information content (AvgIpc) is 3.11. The van der Waals surface area contributed by atoms with Gasteiger partial charge in [-0.25, -0.2) is 8.42 Å². The van der Waals surface area contributed by atoms with Gasteiger partial charge in [0.1, 0.15) is 0 Å². The summed E-state index contributed by atoms with van der Waals surface area (Å²) in [5.74, 6) is -0.0494. The van der Waals surface area contributed by atoms with E-state index in [0.29, 0.717) is 35.9 Å². The second kappa shape index (κ2) is 8.90. The maximum Gasteiger partial charge on any atom is 0.279 e. The predicted molar refractivity (Wildman–Crippen MR) is 124 cm³/mol. The van der Waals surface area contributed by atoms with Crippen LogP contribution in [0, 0.1) is 5.92 Å². The van der Waals surface area contributed by atoms with Gasteiger partial charge in [-0.1, -0.05) is 36.5 Å². The normalized spacial score (nSPS) is 18.4. The van der Waals surface area contributed by atoms with Gasteiger partial charge in [0.2, 0.25) is 10.0 Å². The lowest BCUT2D eigenvalue weighted by Crippen LogP contribution is -2.39. The Hall–Kier alpha value is -2.55. The fraction of sp³-hybridized carbons (Fsp3) is 0.304. The van der Waals surface area contributed by atoms with Crippen LogP contribution in [0.5, 0.6) is 0 Å². The highest BCUT2D eigenvalue weighted by molar-refractivity contribution is 7.89. The highest BCUT2D eigenvalue weighted by Crippen LogP contribution is 2.24. The Morgan fingerprint density at radius 2 is 1.97 bits per heavy atom. The highest BCUT2D eigenvalue weighted by atomic mass is 32.2. The summed E-state index contributed by atoms with van der Waals surface area (Å²) in [4.78, 5) is 17.9.